The maximum atomic E-state index is 13.0. The highest BCUT2D eigenvalue weighted by molar-refractivity contribution is 7.98. The fraction of sp³-hybridized carbons (Fsp3) is 0.0909. The number of aromatic nitrogens is 2. The molecule has 18 heavy (non-hydrogen) atoms. The zero-order valence-electron chi connectivity index (χ0n) is 9.23. The molecule has 0 unspecified atom stereocenters. The Morgan fingerprint density at radius 2 is 1.50 bits per heavy atom. The minimum absolute atomic E-state index is 0.260. The van der Waals surface area contributed by atoms with Gasteiger partial charge in [-0.25, -0.2) is 18.7 Å². The second-order valence-electron chi connectivity index (χ2n) is 3.57. The molecule has 2 aromatic rings. The number of nitrogens with zero attached hydrogens (tertiary/aromatic N) is 2. The Bertz CT molecular complexity index is 485. The van der Waals surface area contributed by atoms with Crippen LogP contribution in [-0.2, 0) is 5.75 Å². The van der Waals surface area contributed by atoms with Crippen LogP contribution < -0.4 is 11.5 Å². The maximum Gasteiger partial charge on any atom is 0.191 e. The van der Waals surface area contributed by atoms with Crippen molar-refractivity contribution in [3.63, 3.8) is 0 Å². The van der Waals surface area contributed by atoms with E-state index in [2.05, 4.69) is 9.97 Å². The number of rotatable bonds is 3. The molecule has 0 aliphatic heterocycles. The number of nitrogens with two attached hydrogens (primary N) is 2. The van der Waals surface area contributed by atoms with Crippen LogP contribution in [0, 0.1) is 11.6 Å². The summed E-state index contributed by atoms with van der Waals surface area (Å²) in [5.74, 6) is -0.375. The van der Waals surface area contributed by atoms with Gasteiger partial charge in [0, 0.05) is 17.9 Å². The minimum Gasteiger partial charge on any atom is -0.383 e. The lowest BCUT2D eigenvalue weighted by molar-refractivity contribution is 0.581. The van der Waals surface area contributed by atoms with Gasteiger partial charge in [0.05, 0.1) is 0 Å². The molecule has 4 nitrogen and oxygen atoms in total. The third kappa shape index (κ3) is 3.30. The van der Waals surface area contributed by atoms with Crippen molar-refractivity contribution in [3.05, 3.63) is 41.5 Å². The molecule has 0 saturated carbocycles. The fourth-order valence-electron chi connectivity index (χ4n) is 1.37. The molecule has 2 rings (SSSR count). The van der Waals surface area contributed by atoms with E-state index in [0.29, 0.717) is 16.5 Å². The second kappa shape index (κ2) is 5.18. The van der Waals surface area contributed by atoms with Gasteiger partial charge in [-0.1, -0.05) is 11.8 Å². The summed E-state index contributed by atoms with van der Waals surface area (Å²) in [4.78, 5) is 7.91. The largest absolute Gasteiger partial charge is 0.383 e. The van der Waals surface area contributed by atoms with Gasteiger partial charge in [0.15, 0.2) is 5.16 Å². The smallest absolute Gasteiger partial charge is 0.191 e. The second-order valence-corrected chi connectivity index (χ2v) is 4.51. The molecular formula is C11H10F2N4S. The van der Waals surface area contributed by atoms with E-state index in [4.69, 9.17) is 11.5 Å². The molecule has 0 aliphatic carbocycles. The Kier molecular flexibility index (Phi) is 3.61. The van der Waals surface area contributed by atoms with Gasteiger partial charge in [-0.05, 0) is 17.7 Å². The van der Waals surface area contributed by atoms with Crippen LogP contribution in [0.5, 0.6) is 0 Å². The predicted molar refractivity (Wildman–Crippen MR) is 66.8 cm³/mol. The first-order chi connectivity index (χ1) is 8.52. The average molecular weight is 268 g/mol. The number of halogens is 2. The van der Waals surface area contributed by atoms with E-state index in [-0.39, 0.29) is 11.6 Å². The number of thioether (sulfide) groups is 1. The summed E-state index contributed by atoms with van der Waals surface area (Å²) in [6, 6.07) is 4.77. The van der Waals surface area contributed by atoms with Gasteiger partial charge in [-0.3, -0.25) is 0 Å². The quantitative estimate of drug-likeness (QED) is 0.659. The molecule has 1 aromatic carbocycles. The van der Waals surface area contributed by atoms with Crippen molar-refractivity contribution in [2.75, 3.05) is 11.5 Å². The van der Waals surface area contributed by atoms with Crippen LogP contribution in [0.15, 0.2) is 29.4 Å². The van der Waals surface area contributed by atoms with Gasteiger partial charge in [-0.15, -0.1) is 0 Å². The van der Waals surface area contributed by atoms with Crippen LogP contribution in [0.3, 0.4) is 0 Å². The van der Waals surface area contributed by atoms with Crippen LogP contribution in [0.4, 0.5) is 20.4 Å². The number of hydrogen-bond acceptors (Lipinski definition) is 5. The summed E-state index contributed by atoms with van der Waals surface area (Å²) in [5, 5.41) is 0.372. The van der Waals surface area contributed by atoms with Gasteiger partial charge >= 0.3 is 0 Å². The van der Waals surface area contributed by atoms with E-state index in [0.717, 1.165) is 6.07 Å². The summed E-state index contributed by atoms with van der Waals surface area (Å²) in [6.07, 6.45) is 0. The van der Waals surface area contributed by atoms with Crippen LogP contribution >= 0.6 is 11.8 Å². The van der Waals surface area contributed by atoms with Gasteiger partial charge < -0.3 is 11.5 Å². The lowest BCUT2D eigenvalue weighted by Gasteiger charge is -2.03. The predicted octanol–water partition coefficient (Wildman–Crippen LogP) is 2.21. The summed E-state index contributed by atoms with van der Waals surface area (Å²) in [6.45, 7) is 0. The van der Waals surface area contributed by atoms with Gasteiger partial charge in [0.1, 0.15) is 23.3 Å². The third-order valence-electron chi connectivity index (χ3n) is 2.04. The Balaban J connectivity index is 2.11. The molecule has 0 fully saturated rings. The fourth-order valence-corrected chi connectivity index (χ4v) is 2.17. The lowest BCUT2D eigenvalue weighted by Crippen LogP contribution is -1.99. The maximum absolute atomic E-state index is 13.0. The van der Waals surface area contributed by atoms with E-state index >= 15 is 0 Å². The molecule has 1 heterocycles. The zero-order valence-corrected chi connectivity index (χ0v) is 10.0. The normalized spacial score (nSPS) is 10.6. The molecule has 4 N–H and O–H groups in total. The van der Waals surface area contributed by atoms with Crippen molar-refractivity contribution < 1.29 is 8.78 Å². The van der Waals surface area contributed by atoms with Crippen molar-refractivity contribution in [1.82, 2.24) is 9.97 Å². The third-order valence-corrected chi connectivity index (χ3v) is 2.95. The molecule has 0 aliphatic rings. The Morgan fingerprint density at radius 3 is 2.06 bits per heavy atom. The number of anilines is 2. The summed E-state index contributed by atoms with van der Waals surface area (Å²) < 4.78 is 25.9. The molecule has 94 valence electrons. The van der Waals surface area contributed by atoms with Gasteiger partial charge in [0.25, 0.3) is 0 Å². The van der Waals surface area contributed by atoms with E-state index in [1.807, 2.05) is 0 Å². The van der Waals surface area contributed by atoms with Crippen molar-refractivity contribution in [2.24, 2.45) is 0 Å². The molecule has 0 radical (unpaired) electrons. The van der Waals surface area contributed by atoms with E-state index in [1.165, 1.54) is 30.0 Å². The summed E-state index contributed by atoms with van der Waals surface area (Å²) >= 11 is 1.20. The number of hydrogen-bond donors (Lipinski definition) is 2. The van der Waals surface area contributed by atoms with Crippen molar-refractivity contribution in [2.45, 2.75) is 10.9 Å². The SMILES string of the molecule is Nc1cc(N)nc(SCc2cc(F)cc(F)c2)n1. The zero-order chi connectivity index (χ0) is 13.1. The number of benzene rings is 1. The molecule has 7 heteroatoms. The Hall–Kier alpha value is -1.89. The lowest BCUT2D eigenvalue weighted by atomic mass is 10.2. The molecule has 0 amide bonds. The van der Waals surface area contributed by atoms with E-state index in [9.17, 15) is 8.78 Å². The first-order valence-electron chi connectivity index (χ1n) is 5.01. The first kappa shape index (κ1) is 12.6. The van der Waals surface area contributed by atoms with Crippen LogP contribution in [0.2, 0.25) is 0 Å². The highest BCUT2D eigenvalue weighted by Gasteiger charge is 2.05. The number of nitrogen functional groups attached to an aromatic ring is 2. The minimum atomic E-state index is -0.612. The molecule has 0 atom stereocenters. The summed E-state index contributed by atoms with van der Waals surface area (Å²) in [5.41, 5.74) is 11.5. The van der Waals surface area contributed by atoms with Crippen molar-refractivity contribution in [1.29, 1.82) is 0 Å². The van der Waals surface area contributed by atoms with Gasteiger partial charge in [-0.2, -0.15) is 0 Å². The Morgan fingerprint density at radius 1 is 0.944 bits per heavy atom. The molecule has 0 spiro atoms. The standard InChI is InChI=1S/C11H10F2N4S/c12-7-1-6(2-8(13)3-7)5-18-11-16-9(14)4-10(15)17-11/h1-4H,5H2,(H4,14,15,16,17). The topological polar surface area (TPSA) is 77.8 Å². The first-order valence-corrected chi connectivity index (χ1v) is 5.99. The van der Waals surface area contributed by atoms with Crippen molar-refractivity contribution >= 4 is 23.4 Å². The van der Waals surface area contributed by atoms with E-state index < -0.39 is 11.6 Å². The van der Waals surface area contributed by atoms with Crippen LogP contribution in [-0.4, -0.2) is 9.97 Å². The summed E-state index contributed by atoms with van der Waals surface area (Å²) in [7, 11) is 0. The molecule has 0 saturated heterocycles. The highest BCUT2D eigenvalue weighted by Crippen LogP contribution is 2.22. The van der Waals surface area contributed by atoms with Crippen LogP contribution in [0.1, 0.15) is 5.56 Å². The highest BCUT2D eigenvalue weighted by atomic mass is 32.2. The monoisotopic (exact) mass is 268 g/mol. The van der Waals surface area contributed by atoms with Crippen molar-refractivity contribution in [3.8, 4) is 0 Å². The average Bonchev–Trinajstić information content (AvgIpc) is 2.23. The van der Waals surface area contributed by atoms with Gasteiger partial charge in [0.2, 0.25) is 0 Å². The molecule has 0 bridgehead atoms. The molecule has 1 aromatic heterocycles. The Labute approximate surface area is 106 Å². The molecular weight excluding hydrogens is 258 g/mol. The van der Waals surface area contributed by atoms with E-state index in [1.54, 1.807) is 0 Å². The van der Waals surface area contributed by atoms with Crippen LogP contribution in [0.25, 0.3) is 0 Å².